The first-order valence-electron chi connectivity index (χ1n) is 7.76. The van der Waals surface area contributed by atoms with Crippen molar-refractivity contribution in [2.75, 3.05) is 12.4 Å². The highest BCUT2D eigenvalue weighted by Gasteiger charge is 2.34. The number of carboxylic acids is 1. The van der Waals surface area contributed by atoms with Gasteiger partial charge in [0.05, 0.1) is 12.8 Å². The molecule has 2 aromatic rings. The molecule has 3 rings (SSSR count). The van der Waals surface area contributed by atoms with E-state index < -0.39 is 5.97 Å². The Bertz CT molecular complexity index is 792. The van der Waals surface area contributed by atoms with E-state index in [2.05, 4.69) is 19.2 Å². The van der Waals surface area contributed by atoms with Crippen LogP contribution in [0.4, 0.5) is 5.69 Å². The summed E-state index contributed by atoms with van der Waals surface area (Å²) in [5.74, 6) is -0.0332. The van der Waals surface area contributed by atoms with Crippen LogP contribution in [0, 0.1) is 5.92 Å². The third kappa shape index (κ3) is 2.78. The summed E-state index contributed by atoms with van der Waals surface area (Å²) in [4.78, 5) is 25.1. The molecule has 0 fully saturated rings. The number of hydrogen-bond donors (Lipinski definition) is 2. The first-order chi connectivity index (χ1) is 11.4. The number of aromatic carboxylic acids is 1. The van der Waals surface area contributed by atoms with E-state index >= 15 is 0 Å². The fraction of sp³-hybridized carbons (Fsp3) is 0.333. The molecule has 24 heavy (non-hydrogen) atoms. The molecule has 1 amide bonds. The Morgan fingerprint density at radius 2 is 2.00 bits per heavy atom. The molecule has 0 unspecified atom stereocenters. The number of fused-ring (bicyclic) bond motifs is 1. The van der Waals surface area contributed by atoms with Crippen molar-refractivity contribution in [3.05, 3.63) is 34.0 Å². The third-order valence-electron chi connectivity index (χ3n) is 4.32. The maximum atomic E-state index is 12.1. The van der Waals surface area contributed by atoms with Crippen LogP contribution in [-0.2, 0) is 4.79 Å². The number of thiophene rings is 1. The quantitative estimate of drug-likeness (QED) is 0.870. The van der Waals surface area contributed by atoms with Crippen molar-refractivity contribution in [2.24, 2.45) is 5.92 Å². The third-order valence-corrected chi connectivity index (χ3v) is 5.63. The van der Waals surface area contributed by atoms with Crippen LogP contribution in [-0.4, -0.2) is 24.1 Å². The van der Waals surface area contributed by atoms with Crippen LogP contribution in [0.5, 0.6) is 5.75 Å². The summed E-state index contributed by atoms with van der Waals surface area (Å²) in [6.07, 6.45) is 0.395. The average molecular weight is 345 g/mol. The molecule has 1 aliphatic rings. The van der Waals surface area contributed by atoms with Gasteiger partial charge in [0.15, 0.2) is 0 Å². The van der Waals surface area contributed by atoms with Crippen molar-refractivity contribution in [1.82, 2.24) is 0 Å². The second kappa shape index (κ2) is 6.28. The fourth-order valence-electron chi connectivity index (χ4n) is 3.04. The van der Waals surface area contributed by atoms with Crippen molar-refractivity contribution >= 4 is 28.9 Å². The van der Waals surface area contributed by atoms with Crippen molar-refractivity contribution in [2.45, 2.75) is 26.2 Å². The van der Waals surface area contributed by atoms with Gasteiger partial charge in [-0.25, -0.2) is 4.79 Å². The monoisotopic (exact) mass is 345 g/mol. The zero-order valence-electron chi connectivity index (χ0n) is 13.8. The van der Waals surface area contributed by atoms with E-state index in [4.69, 9.17) is 4.74 Å². The van der Waals surface area contributed by atoms with Crippen LogP contribution in [0.3, 0.4) is 0 Å². The lowest BCUT2D eigenvalue weighted by atomic mass is 9.86. The molecule has 1 aliphatic heterocycles. The highest BCUT2D eigenvalue weighted by Crippen LogP contribution is 2.49. The number of ether oxygens (including phenoxy) is 1. The Balaban J connectivity index is 2.20. The average Bonchev–Trinajstić information content (AvgIpc) is 2.93. The molecule has 1 aromatic carbocycles. The van der Waals surface area contributed by atoms with E-state index in [1.54, 1.807) is 19.2 Å². The van der Waals surface area contributed by atoms with Crippen molar-refractivity contribution in [3.63, 3.8) is 0 Å². The summed E-state index contributed by atoms with van der Waals surface area (Å²) in [7, 11) is 1.58. The molecule has 126 valence electrons. The lowest BCUT2D eigenvalue weighted by molar-refractivity contribution is -0.117. The van der Waals surface area contributed by atoms with Crippen LogP contribution in [0.15, 0.2) is 24.3 Å². The zero-order valence-corrected chi connectivity index (χ0v) is 14.6. The molecule has 2 N–H and O–H groups in total. The molecule has 2 heterocycles. The normalized spacial score (nSPS) is 16.7. The van der Waals surface area contributed by atoms with E-state index in [1.807, 2.05) is 12.1 Å². The summed E-state index contributed by atoms with van der Waals surface area (Å²) >= 11 is 1.27. The Labute approximate surface area is 144 Å². The number of nitrogens with one attached hydrogen (secondary N) is 1. The number of anilines is 1. The van der Waals surface area contributed by atoms with Gasteiger partial charge in [0.1, 0.15) is 10.6 Å². The number of benzene rings is 1. The second-order valence-electron chi connectivity index (χ2n) is 6.18. The second-order valence-corrected chi connectivity index (χ2v) is 7.23. The molecule has 0 bridgehead atoms. The number of carbonyl (C=O) groups excluding carboxylic acids is 1. The first kappa shape index (κ1) is 16.5. The van der Waals surface area contributed by atoms with Gasteiger partial charge in [-0.2, -0.15) is 0 Å². The number of rotatable bonds is 4. The van der Waals surface area contributed by atoms with Crippen LogP contribution < -0.4 is 10.1 Å². The Morgan fingerprint density at radius 3 is 2.54 bits per heavy atom. The van der Waals surface area contributed by atoms with Crippen LogP contribution in [0.25, 0.3) is 11.1 Å². The zero-order chi connectivity index (χ0) is 17.4. The number of hydrogen-bond acceptors (Lipinski definition) is 4. The summed E-state index contributed by atoms with van der Waals surface area (Å²) < 4.78 is 5.16. The van der Waals surface area contributed by atoms with E-state index in [-0.39, 0.29) is 22.6 Å². The lowest BCUT2D eigenvalue weighted by Gasteiger charge is -2.26. The molecule has 1 atom stereocenters. The first-order valence-corrected chi connectivity index (χ1v) is 8.58. The number of carboxylic acid groups (broad SMARTS) is 1. The smallest absolute Gasteiger partial charge is 0.346 e. The number of methoxy groups -OCH3 is 1. The predicted molar refractivity (Wildman–Crippen MR) is 94.1 cm³/mol. The highest BCUT2D eigenvalue weighted by atomic mass is 32.1. The van der Waals surface area contributed by atoms with E-state index in [0.717, 1.165) is 10.4 Å². The largest absolute Gasteiger partial charge is 0.497 e. The standard InChI is InChI=1S/C18H19NO4S/c1-9(2)12-8-13(20)19-15-14(17(18(21)22)24-16(12)15)10-4-6-11(23-3)7-5-10/h4-7,9,12H,8H2,1-3H3,(H,19,20)(H,21,22)/t12-/m1/s1. The minimum atomic E-state index is -0.975. The summed E-state index contributed by atoms with van der Waals surface area (Å²) in [5, 5.41) is 12.5. The van der Waals surface area contributed by atoms with Gasteiger partial charge in [0.25, 0.3) is 0 Å². The Hall–Kier alpha value is -2.34. The molecule has 6 heteroatoms. The molecular weight excluding hydrogens is 326 g/mol. The van der Waals surface area contributed by atoms with Gasteiger partial charge < -0.3 is 15.2 Å². The van der Waals surface area contributed by atoms with E-state index in [1.165, 1.54) is 11.3 Å². The van der Waals surface area contributed by atoms with E-state index in [0.29, 0.717) is 23.4 Å². The van der Waals surface area contributed by atoms with Gasteiger partial charge in [-0.05, 0) is 23.6 Å². The summed E-state index contributed by atoms with van der Waals surface area (Å²) in [5.41, 5.74) is 2.00. The van der Waals surface area contributed by atoms with Crippen molar-refractivity contribution < 1.29 is 19.4 Å². The predicted octanol–water partition coefficient (Wildman–Crippen LogP) is 4.20. The highest BCUT2D eigenvalue weighted by molar-refractivity contribution is 7.15. The molecule has 0 saturated heterocycles. The van der Waals surface area contributed by atoms with Gasteiger partial charge in [0, 0.05) is 22.8 Å². The number of carbonyl (C=O) groups is 2. The Morgan fingerprint density at radius 1 is 1.33 bits per heavy atom. The van der Waals surface area contributed by atoms with Crippen LogP contribution >= 0.6 is 11.3 Å². The van der Waals surface area contributed by atoms with Gasteiger partial charge in [-0.3, -0.25) is 4.79 Å². The fourth-order valence-corrected chi connectivity index (χ4v) is 4.43. The van der Waals surface area contributed by atoms with E-state index in [9.17, 15) is 14.7 Å². The molecule has 0 spiro atoms. The number of amides is 1. The van der Waals surface area contributed by atoms with Crippen LogP contribution in [0.2, 0.25) is 0 Å². The molecule has 1 aromatic heterocycles. The molecule has 5 nitrogen and oxygen atoms in total. The topological polar surface area (TPSA) is 75.6 Å². The van der Waals surface area contributed by atoms with Crippen molar-refractivity contribution in [1.29, 1.82) is 0 Å². The van der Waals surface area contributed by atoms with Gasteiger partial charge in [-0.15, -0.1) is 11.3 Å². The SMILES string of the molecule is COc1ccc(-c2c(C(=O)O)sc3c2NC(=O)C[C@@H]3C(C)C)cc1. The van der Waals surface area contributed by atoms with Crippen LogP contribution in [0.1, 0.15) is 40.7 Å². The summed E-state index contributed by atoms with van der Waals surface area (Å²) in [6.45, 7) is 4.11. The molecule has 0 aliphatic carbocycles. The van der Waals surface area contributed by atoms with Gasteiger partial charge in [0.2, 0.25) is 5.91 Å². The molecule has 0 radical (unpaired) electrons. The van der Waals surface area contributed by atoms with Gasteiger partial charge in [-0.1, -0.05) is 26.0 Å². The maximum Gasteiger partial charge on any atom is 0.346 e. The van der Waals surface area contributed by atoms with Crippen molar-refractivity contribution in [3.8, 4) is 16.9 Å². The Kier molecular flexibility index (Phi) is 4.32. The minimum Gasteiger partial charge on any atom is -0.497 e. The minimum absolute atomic E-state index is 0.0452. The molecular formula is C18H19NO4S. The lowest BCUT2D eigenvalue weighted by Crippen LogP contribution is -2.24. The molecule has 0 saturated carbocycles. The maximum absolute atomic E-state index is 12.1. The summed E-state index contributed by atoms with van der Waals surface area (Å²) in [6, 6.07) is 7.21. The van der Waals surface area contributed by atoms with Gasteiger partial charge >= 0.3 is 5.97 Å².